The summed E-state index contributed by atoms with van der Waals surface area (Å²) in [5, 5.41) is 9.44. The van der Waals surface area contributed by atoms with E-state index in [1.54, 1.807) is 6.92 Å². The highest BCUT2D eigenvalue weighted by molar-refractivity contribution is 7.18. The van der Waals surface area contributed by atoms with Crippen molar-refractivity contribution in [3.05, 3.63) is 45.8 Å². The highest BCUT2D eigenvalue weighted by atomic mass is 32.1. The summed E-state index contributed by atoms with van der Waals surface area (Å²) in [7, 11) is 0. The van der Waals surface area contributed by atoms with Gasteiger partial charge in [-0.1, -0.05) is 18.2 Å². The van der Waals surface area contributed by atoms with E-state index in [0.29, 0.717) is 5.75 Å². The minimum Gasteiger partial charge on any atom is -0.493 e. The summed E-state index contributed by atoms with van der Waals surface area (Å²) in [4.78, 5) is 24.2. The Hall–Kier alpha value is -3.05. The first kappa shape index (κ1) is 20.3. The number of carbonyl (C=O) groups excluding carboxylic acids is 2. The number of rotatable bonds is 8. The van der Waals surface area contributed by atoms with Gasteiger partial charge in [-0.05, 0) is 25.5 Å². The highest BCUT2D eigenvalue weighted by Gasteiger charge is 2.23. The van der Waals surface area contributed by atoms with E-state index in [1.807, 2.05) is 37.3 Å². The standard InChI is InChI=1S/C19H20N2O5S/c1-3-24-19(23)17-14(13(10-20)18(21)27-17)11-26-16(22)8-9-25-15-7-5-4-6-12(15)2/h4-7H,3,8-9,11,21H2,1-2H3. The lowest BCUT2D eigenvalue weighted by atomic mass is 10.1. The van der Waals surface area contributed by atoms with Crippen molar-refractivity contribution in [2.75, 3.05) is 18.9 Å². The van der Waals surface area contributed by atoms with Crippen LogP contribution in [0.15, 0.2) is 24.3 Å². The second-order valence-corrected chi connectivity index (χ2v) is 6.56. The molecular weight excluding hydrogens is 368 g/mol. The first-order valence-electron chi connectivity index (χ1n) is 8.30. The molecule has 0 aliphatic heterocycles. The highest BCUT2D eigenvalue weighted by Crippen LogP contribution is 2.31. The Labute approximate surface area is 161 Å². The predicted molar refractivity (Wildman–Crippen MR) is 100 cm³/mol. The van der Waals surface area contributed by atoms with Gasteiger partial charge in [-0.2, -0.15) is 5.26 Å². The van der Waals surface area contributed by atoms with Gasteiger partial charge in [0.25, 0.3) is 0 Å². The van der Waals surface area contributed by atoms with Crippen LogP contribution in [0.2, 0.25) is 0 Å². The van der Waals surface area contributed by atoms with Crippen LogP contribution in [0.5, 0.6) is 5.75 Å². The summed E-state index contributed by atoms with van der Waals surface area (Å²) in [6, 6.07) is 9.42. The molecule has 27 heavy (non-hydrogen) atoms. The van der Waals surface area contributed by atoms with E-state index in [1.165, 1.54) is 0 Å². The number of nitrogens with zero attached hydrogens (tertiary/aromatic N) is 1. The van der Waals surface area contributed by atoms with Crippen molar-refractivity contribution in [3.8, 4) is 11.8 Å². The van der Waals surface area contributed by atoms with Gasteiger partial charge < -0.3 is 19.9 Å². The third-order valence-corrected chi connectivity index (χ3v) is 4.68. The summed E-state index contributed by atoms with van der Waals surface area (Å²) in [5.41, 5.74) is 7.15. The number of esters is 2. The Morgan fingerprint density at radius 1 is 1.26 bits per heavy atom. The number of aryl methyl sites for hydroxylation is 1. The molecule has 0 radical (unpaired) electrons. The van der Waals surface area contributed by atoms with Gasteiger partial charge in [0, 0.05) is 5.56 Å². The zero-order valence-corrected chi connectivity index (χ0v) is 15.9. The smallest absolute Gasteiger partial charge is 0.348 e. The Morgan fingerprint density at radius 2 is 2.00 bits per heavy atom. The van der Waals surface area contributed by atoms with Crippen LogP contribution in [0.25, 0.3) is 0 Å². The zero-order chi connectivity index (χ0) is 19.8. The lowest BCUT2D eigenvalue weighted by molar-refractivity contribution is -0.145. The van der Waals surface area contributed by atoms with Gasteiger partial charge in [0.05, 0.1) is 25.2 Å². The molecule has 0 aliphatic carbocycles. The number of nitrogen functional groups attached to an aromatic ring is 1. The summed E-state index contributed by atoms with van der Waals surface area (Å²) < 4.78 is 15.7. The van der Waals surface area contributed by atoms with Gasteiger partial charge in [0.1, 0.15) is 28.3 Å². The van der Waals surface area contributed by atoms with Crippen LogP contribution in [0.1, 0.15) is 39.7 Å². The number of thiophene rings is 1. The summed E-state index contributed by atoms with van der Waals surface area (Å²) >= 11 is 0.947. The Kier molecular flexibility index (Phi) is 7.20. The molecule has 2 N–H and O–H groups in total. The van der Waals surface area contributed by atoms with Gasteiger partial charge in [0.15, 0.2) is 0 Å². The number of hydrogen-bond donors (Lipinski definition) is 1. The van der Waals surface area contributed by atoms with Crippen molar-refractivity contribution in [3.63, 3.8) is 0 Å². The number of para-hydroxylation sites is 1. The van der Waals surface area contributed by atoms with Crippen LogP contribution in [0.3, 0.4) is 0 Å². The molecule has 2 rings (SSSR count). The molecule has 1 aromatic heterocycles. The molecule has 0 amide bonds. The molecule has 0 spiro atoms. The number of carbonyl (C=O) groups is 2. The molecule has 0 aliphatic rings. The molecule has 0 atom stereocenters. The fourth-order valence-electron chi connectivity index (χ4n) is 2.29. The summed E-state index contributed by atoms with van der Waals surface area (Å²) in [6.07, 6.45) is 0.0323. The topological polar surface area (TPSA) is 112 Å². The van der Waals surface area contributed by atoms with Gasteiger partial charge in [-0.3, -0.25) is 4.79 Å². The molecule has 8 heteroatoms. The Morgan fingerprint density at radius 3 is 2.67 bits per heavy atom. The second kappa shape index (κ2) is 9.59. The maximum atomic E-state index is 12.0. The van der Waals surface area contributed by atoms with E-state index >= 15 is 0 Å². The van der Waals surface area contributed by atoms with Gasteiger partial charge in [0.2, 0.25) is 0 Å². The van der Waals surface area contributed by atoms with E-state index in [0.717, 1.165) is 16.9 Å². The predicted octanol–water partition coefficient (Wildman–Crippen LogP) is 3.20. The molecule has 0 saturated carbocycles. The van der Waals surface area contributed by atoms with Crippen molar-refractivity contribution >= 4 is 28.3 Å². The fourth-order valence-corrected chi connectivity index (χ4v) is 3.21. The minimum atomic E-state index is -0.593. The normalized spacial score (nSPS) is 10.1. The van der Waals surface area contributed by atoms with E-state index in [-0.39, 0.29) is 47.2 Å². The number of ether oxygens (including phenoxy) is 3. The number of nitriles is 1. The van der Waals surface area contributed by atoms with E-state index in [2.05, 4.69) is 0 Å². The van der Waals surface area contributed by atoms with Crippen molar-refractivity contribution < 1.29 is 23.8 Å². The lowest BCUT2D eigenvalue weighted by Crippen LogP contribution is -2.12. The summed E-state index contributed by atoms with van der Waals surface area (Å²) in [6.45, 7) is 3.70. The van der Waals surface area contributed by atoms with E-state index in [9.17, 15) is 14.9 Å². The third-order valence-electron chi connectivity index (χ3n) is 3.64. The maximum absolute atomic E-state index is 12.0. The fraction of sp³-hybridized carbons (Fsp3) is 0.316. The van der Waals surface area contributed by atoms with Gasteiger partial charge in [-0.25, -0.2) is 4.79 Å². The van der Waals surface area contributed by atoms with Crippen LogP contribution < -0.4 is 10.5 Å². The number of anilines is 1. The molecule has 1 aromatic carbocycles. The van der Waals surface area contributed by atoms with Crippen LogP contribution in [-0.2, 0) is 20.9 Å². The molecule has 0 bridgehead atoms. The lowest BCUT2D eigenvalue weighted by Gasteiger charge is -2.09. The second-order valence-electron chi connectivity index (χ2n) is 5.51. The average molecular weight is 388 g/mol. The largest absolute Gasteiger partial charge is 0.493 e. The van der Waals surface area contributed by atoms with Gasteiger partial charge >= 0.3 is 11.9 Å². The molecule has 0 fully saturated rings. The molecule has 0 unspecified atom stereocenters. The average Bonchev–Trinajstić information content (AvgIpc) is 2.97. The van der Waals surface area contributed by atoms with Crippen LogP contribution in [-0.4, -0.2) is 25.2 Å². The Balaban J connectivity index is 1.95. The molecule has 1 heterocycles. The van der Waals surface area contributed by atoms with Crippen molar-refractivity contribution in [1.82, 2.24) is 0 Å². The quantitative estimate of drug-likeness (QED) is 0.691. The first-order valence-corrected chi connectivity index (χ1v) is 9.12. The minimum absolute atomic E-state index is 0.0323. The number of hydrogen-bond acceptors (Lipinski definition) is 8. The summed E-state index contributed by atoms with van der Waals surface area (Å²) in [5.74, 6) is -0.399. The first-order chi connectivity index (χ1) is 13.0. The maximum Gasteiger partial charge on any atom is 0.348 e. The molecule has 0 saturated heterocycles. The third kappa shape index (κ3) is 5.21. The van der Waals surface area contributed by atoms with E-state index in [4.69, 9.17) is 19.9 Å². The zero-order valence-electron chi connectivity index (χ0n) is 15.1. The van der Waals surface area contributed by atoms with Crippen LogP contribution >= 0.6 is 11.3 Å². The van der Waals surface area contributed by atoms with Crippen molar-refractivity contribution in [2.24, 2.45) is 0 Å². The number of nitrogens with two attached hydrogens (primary N) is 1. The van der Waals surface area contributed by atoms with Crippen LogP contribution in [0, 0.1) is 18.3 Å². The monoisotopic (exact) mass is 388 g/mol. The molecule has 2 aromatic rings. The van der Waals surface area contributed by atoms with Crippen molar-refractivity contribution in [1.29, 1.82) is 5.26 Å². The van der Waals surface area contributed by atoms with Crippen LogP contribution in [0.4, 0.5) is 5.00 Å². The molecule has 7 nitrogen and oxygen atoms in total. The Bertz CT molecular complexity index is 869. The molecular formula is C19H20N2O5S. The van der Waals surface area contributed by atoms with Gasteiger partial charge in [-0.15, -0.1) is 11.3 Å². The number of benzene rings is 1. The van der Waals surface area contributed by atoms with E-state index < -0.39 is 11.9 Å². The van der Waals surface area contributed by atoms with Crippen molar-refractivity contribution in [2.45, 2.75) is 26.9 Å². The SMILES string of the molecule is CCOC(=O)c1sc(N)c(C#N)c1COC(=O)CCOc1ccccc1C. The molecule has 142 valence electrons.